The summed E-state index contributed by atoms with van der Waals surface area (Å²) < 4.78 is 87.7. The van der Waals surface area contributed by atoms with E-state index in [1.54, 1.807) is 43.3 Å². The standard InChI is InChI=1S/C37H49N5O8S3/c1-28-9-15-32(16-10-28)51(45,46)40-21-23-41(52(47,48)33-17-11-29(2)12-18-33)26-36(43)38-25-35(31-7-5-4-6-8-31)39-37(44)27-42(24-22-40)53(49,50)34-19-13-30(3)14-20-34/h9-20,31,35H,4-8,21-27H2,1-3H3,(H,38,43)(H,39,44). The number of amides is 2. The van der Waals surface area contributed by atoms with E-state index in [0.29, 0.717) is 0 Å². The van der Waals surface area contributed by atoms with Crippen molar-refractivity contribution in [1.29, 1.82) is 0 Å². The van der Waals surface area contributed by atoms with Crippen molar-refractivity contribution >= 4 is 41.9 Å². The van der Waals surface area contributed by atoms with Crippen molar-refractivity contribution in [2.75, 3.05) is 45.8 Å². The van der Waals surface area contributed by atoms with Crippen molar-refractivity contribution in [1.82, 2.24) is 23.5 Å². The van der Waals surface area contributed by atoms with Crippen LogP contribution in [0.3, 0.4) is 0 Å². The van der Waals surface area contributed by atoms with Gasteiger partial charge in [-0.3, -0.25) is 9.59 Å². The molecule has 1 saturated heterocycles. The topological polar surface area (TPSA) is 170 Å². The quantitative estimate of drug-likeness (QED) is 0.368. The molecule has 1 aliphatic carbocycles. The SMILES string of the molecule is Cc1ccc(S(=O)(=O)N2CCN(S(=O)(=O)c3ccc(C)cc3)CC(=O)NCC(C3CCCCC3)NC(=O)CN(S(=O)(=O)c3ccc(C)cc3)CC2)cc1. The molecular weight excluding hydrogens is 739 g/mol. The molecule has 0 bridgehead atoms. The minimum atomic E-state index is -4.33. The zero-order valence-corrected chi connectivity index (χ0v) is 32.9. The van der Waals surface area contributed by atoms with Gasteiger partial charge in [0, 0.05) is 38.8 Å². The highest BCUT2D eigenvalue weighted by molar-refractivity contribution is 7.89. The Morgan fingerprint density at radius 2 is 0.868 bits per heavy atom. The van der Waals surface area contributed by atoms with Gasteiger partial charge in [-0.15, -0.1) is 0 Å². The molecule has 3 aromatic carbocycles. The van der Waals surface area contributed by atoms with Gasteiger partial charge in [-0.05, 0) is 75.9 Å². The first-order valence-electron chi connectivity index (χ1n) is 17.8. The molecule has 53 heavy (non-hydrogen) atoms. The lowest BCUT2D eigenvalue weighted by molar-refractivity contribution is -0.124. The number of nitrogens with zero attached hydrogens (tertiary/aromatic N) is 3. The van der Waals surface area contributed by atoms with Crippen molar-refractivity contribution in [3.8, 4) is 0 Å². The summed E-state index contributed by atoms with van der Waals surface area (Å²) in [7, 11) is -12.9. The fourth-order valence-corrected chi connectivity index (χ4v) is 10.9. The van der Waals surface area contributed by atoms with E-state index in [0.717, 1.165) is 61.7 Å². The highest BCUT2D eigenvalue weighted by atomic mass is 32.2. The number of aryl methyl sites for hydroxylation is 3. The van der Waals surface area contributed by atoms with Crippen LogP contribution in [0.15, 0.2) is 87.5 Å². The molecule has 2 aliphatic rings. The lowest BCUT2D eigenvalue weighted by Crippen LogP contribution is -2.52. The van der Waals surface area contributed by atoms with Gasteiger partial charge in [-0.1, -0.05) is 72.4 Å². The number of hydrogen-bond acceptors (Lipinski definition) is 8. The molecule has 0 radical (unpaired) electrons. The van der Waals surface area contributed by atoms with Gasteiger partial charge in [0.2, 0.25) is 41.9 Å². The van der Waals surface area contributed by atoms with Crippen LogP contribution < -0.4 is 10.6 Å². The van der Waals surface area contributed by atoms with Gasteiger partial charge in [0.1, 0.15) is 0 Å². The molecule has 1 aliphatic heterocycles. The van der Waals surface area contributed by atoms with Crippen molar-refractivity contribution < 1.29 is 34.8 Å². The Bertz CT molecular complexity index is 2070. The van der Waals surface area contributed by atoms with E-state index in [9.17, 15) is 34.8 Å². The number of nitrogens with one attached hydrogen (secondary N) is 2. The van der Waals surface area contributed by atoms with E-state index < -0.39 is 87.2 Å². The summed E-state index contributed by atoms with van der Waals surface area (Å²) in [5.41, 5.74) is 2.47. The second kappa shape index (κ2) is 17.2. The molecule has 16 heteroatoms. The molecular formula is C37H49N5O8S3. The van der Waals surface area contributed by atoms with Crippen LogP contribution in [0.5, 0.6) is 0 Å². The molecule has 0 spiro atoms. The molecule has 2 fully saturated rings. The number of hydrogen-bond donors (Lipinski definition) is 2. The minimum Gasteiger partial charge on any atom is -0.353 e. The van der Waals surface area contributed by atoms with Crippen LogP contribution >= 0.6 is 0 Å². The summed E-state index contributed by atoms with van der Waals surface area (Å²) in [6.07, 6.45) is 4.51. The zero-order chi connectivity index (χ0) is 38.4. The second-order valence-corrected chi connectivity index (χ2v) is 19.7. The fraction of sp³-hybridized carbons (Fsp3) is 0.459. The molecule has 1 atom stereocenters. The Kier molecular flexibility index (Phi) is 13.2. The predicted molar refractivity (Wildman–Crippen MR) is 201 cm³/mol. The normalized spacial score (nSPS) is 20.5. The molecule has 1 heterocycles. The van der Waals surface area contributed by atoms with Crippen molar-refractivity contribution in [2.24, 2.45) is 5.92 Å². The van der Waals surface area contributed by atoms with Crippen LogP contribution in [0, 0.1) is 26.7 Å². The van der Waals surface area contributed by atoms with E-state index in [-0.39, 0.29) is 27.1 Å². The first kappa shape index (κ1) is 40.5. The molecule has 13 nitrogen and oxygen atoms in total. The Labute approximate surface area is 313 Å². The van der Waals surface area contributed by atoms with Crippen LogP contribution in [-0.2, 0) is 39.7 Å². The summed E-state index contributed by atoms with van der Waals surface area (Å²) in [5, 5.41) is 5.77. The number of carbonyl (C=O) groups is 2. The van der Waals surface area contributed by atoms with E-state index in [2.05, 4.69) is 10.6 Å². The summed E-state index contributed by atoms with van der Waals surface area (Å²) in [6.45, 7) is 2.58. The number of sulfonamides is 3. The van der Waals surface area contributed by atoms with Crippen molar-refractivity contribution in [3.63, 3.8) is 0 Å². The van der Waals surface area contributed by atoms with Gasteiger partial charge < -0.3 is 10.6 Å². The average molecular weight is 788 g/mol. The lowest BCUT2D eigenvalue weighted by Gasteiger charge is -2.32. The third-order valence-electron chi connectivity index (χ3n) is 9.90. The fourth-order valence-electron chi connectivity index (χ4n) is 6.67. The second-order valence-electron chi connectivity index (χ2n) is 13.9. The van der Waals surface area contributed by atoms with Crippen LogP contribution in [0.4, 0.5) is 0 Å². The van der Waals surface area contributed by atoms with Gasteiger partial charge in [-0.25, -0.2) is 25.3 Å². The van der Waals surface area contributed by atoms with Crippen LogP contribution in [0.2, 0.25) is 0 Å². The summed E-state index contributed by atoms with van der Waals surface area (Å²) in [5.74, 6) is -1.22. The van der Waals surface area contributed by atoms with E-state index in [1.807, 2.05) is 13.8 Å². The average Bonchev–Trinajstić information content (AvgIpc) is 3.13. The van der Waals surface area contributed by atoms with E-state index in [1.165, 1.54) is 36.4 Å². The number of carbonyl (C=O) groups excluding carboxylic acids is 2. The maximum absolute atomic E-state index is 14.2. The summed E-state index contributed by atoms with van der Waals surface area (Å²) >= 11 is 0. The number of rotatable bonds is 7. The van der Waals surface area contributed by atoms with Gasteiger partial charge in [-0.2, -0.15) is 12.9 Å². The highest BCUT2D eigenvalue weighted by Gasteiger charge is 2.35. The smallest absolute Gasteiger partial charge is 0.243 e. The molecule has 2 N–H and O–H groups in total. The van der Waals surface area contributed by atoms with Crippen LogP contribution in [0.1, 0.15) is 48.8 Å². The van der Waals surface area contributed by atoms with Crippen molar-refractivity contribution in [2.45, 2.75) is 73.6 Å². The van der Waals surface area contributed by atoms with Crippen molar-refractivity contribution in [3.05, 3.63) is 89.5 Å². The molecule has 1 saturated carbocycles. The Morgan fingerprint density at radius 1 is 0.509 bits per heavy atom. The minimum absolute atomic E-state index is 0.00625. The third-order valence-corrected chi connectivity index (χ3v) is 15.5. The summed E-state index contributed by atoms with van der Waals surface area (Å²) in [6, 6.07) is 17.8. The van der Waals surface area contributed by atoms with Gasteiger partial charge >= 0.3 is 0 Å². The maximum Gasteiger partial charge on any atom is 0.243 e. The monoisotopic (exact) mass is 787 g/mol. The van der Waals surface area contributed by atoms with Gasteiger partial charge in [0.25, 0.3) is 0 Å². The largest absolute Gasteiger partial charge is 0.353 e. The Balaban J connectivity index is 1.57. The molecule has 0 aromatic heterocycles. The highest BCUT2D eigenvalue weighted by Crippen LogP contribution is 2.27. The molecule has 3 aromatic rings. The predicted octanol–water partition coefficient (Wildman–Crippen LogP) is 3.18. The molecule has 288 valence electrons. The van der Waals surface area contributed by atoms with E-state index >= 15 is 0 Å². The molecule has 2 amide bonds. The molecule has 1 unspecified atom stereocenters. The first-order valence-corrected chi connectivity index (χ1v) is 22.2. The van der Waals surface area contributed by atoms with Gasteiger partial charge in [0.05, 0.1) is 27.8 Å². The lowest BCUT2D eigenvalue weighted by atomic mass is 9.83. The van der Waals surface area contributed by atoms with Crippen LogP contribution in [-0.4, -0.2) is 102 Å². The van der Waals surface area contributed by atoms with Crippen LogP contribution in [0.25, 0.3) is 0 Å². The van der Waals surface area contributed by atoms with E-state index in [4.69, 9.17) is 0 Å². The molecule has 5 rings (SSSR count). The maximum atomic E-state index is 14.2. The number of benzene rings is 3. The summed E-state index contributed by atoms with van der Waals surface area (Å²) in [4.78, 5) is 27.1. The Hall–Kier alpha value is -3.67. The Morgan fingerprint density at radius 3 is 1.28 bits per heavy atom. The first-order chi connectivity index (χ1) is 25.1. The van der Waals surface area contributed by atoms with Gasteiger partial charge in [0.15, 0.2) is 0 Å². The third kappa shape index (κ3) is 10.1. The zero-order valence-electron chi connectivity index (χ0n) is 30.4.